The average molecular weight is 287 g/mol. The molecular formula is C15H17N3O3. The van der Waals surface area contributed by atoms with Crippen LogP contribution in [0.2, 0.25) is 0 Å². The van der Waals surface area contributed by atoms with Crippen LogP contribution in [0.1, 0.15) is 22.3 Å². The number of carbonyl (C=O) groups is 1. The van der Waals surface area contributed by atoms with E-state index in [1.54, 1.807) is 11.8 Å². The van der Waals surface area contributed by atoms with E-state index in [4.69, 9.17) is 9.47 Å². The molecule has 0 bridgehead atoms. The Labute approximate surface area is 122 Å². The lowest BCUT2D eigenvalue weighted by Crippen LogP contribution is -2.18. The Morgan fingerprint density at radius 3 is 3.14 bits per heavy atom. The van der Waals surface area contributed by atoms with E-state index >= 15 is 0 Å². The summed E-state index contributed by atoms with van der Waals surface area (Å²) in [4.78, 5) is 12.4. The van der Waals surface area contributed by atoms with E-state index in [9.17, 15) is 4.79 Å². The molecule has 0 unspecified atom stereocenters. The third-order valence-corrected chi connectivity index (χ3v) is 3.39. The van der Waals surface area contributed by atoms with Gasteiger partial charge in [0.25, 0.3) is 5.91 Å². The molecule has 0 saturated heterocycles. The minimum atomic E-state index is -0.248. The second-order valence-electron chi connectivity index (χ2n) is 4.95. The van der Waals surface area contributed by atoms with Crippen molar-refractivity contribution in [1.29, 1.82) is 0 Å². The number of aryl methyl sites for hydroxylation is 2. The first-order valence-corrected chi connectivity index (χ1v) is 6.83. The lowest BCUT2D eigenvalue weighted by Gasteiger charge is -2.16. The fraction of sp³-hybridized carbons (Fsp3) is 0.333. The zero-order chi connectivity index (χ0) is 14.8. The van der Waals surface area contributed by atoms with Crippen molar-refractivity contribution in [3.8, 4) is 11.6 Å². The molecule has 2 aromatic rings. The zero-order valence-corrected chi connectivity index (χ0v) is 12.0. The minimum absolute atomic E-state index is 0.248. The van der Waals surface area contributed by atoms with Gasteiger partial charge in [-0.1, -0.05) is 6.07 Å². The predicted octanol–water partition coefficient (Wildman–Crippen LogP) is 2.23. The third kappa shape index (κ3) is 2.56. The van der Waals surface area contributed by atoms with E-state index in [1.165, 1.54) is 6.20 Å². The first-order valence-electron chi connectivity index (χ1n) is 6.83. The molecular weight excluding hydrogens is 270 g/mol. The highest BCUT2D eigenvalue weighted by atomic mass is 16.5. The molecule has 2 heterocycles. The summed E-state index contributed by atoms with van der Waals surface area (Å²) in [6.07, 6.45) is 2.44. The largest absolute Gasteiger partial charge is 0.495 e. The maximum Gasteiger partial charge on any atom is 0.262 e. The van der Waals surface area contributed by atoms with Crippen LogP contribution < -0.4 is 14.8 Å². The molecule has 3 rings (SSSR count). The lowest BCUT2D eigenvalue weighted by molar-refractivity contribution is 0.102. The summed E-state index contributed by atoms with van der Waals surface area (Å²) < 4.78 is 12.5. The average Bonchev–Trinajstić information content (AvgIpc) is 2.91. The molecule has 6 heteroatoms. The van der Waals surface area contributed by atoms with Gasteiger partial charge in [-0.2, -0.15) is 5.10 Å². The molecule has 0 radical (unpaired) electrons. The van der Waals surface area contributed by atoms with E-state index in [1.807, 2.05) is 25.1 Å². The minimum Gasteiger partial charge on any atom is -0.495 e. The Hall–Kier alpha value is -2.50. The van der Waals surface area contributed by atoms with Crippen molar-refractivity contribution in [2.45, 2.75) is 19.9 Å². The molecule has 1 amide bonds. The highest BCUT2D eigenvalue weighted by molar-refractivity contribution is 6.06. The maximum absolute atomic E-state index is 12.4. The van der Waals surface area contributed by atoms with Gasteiger partial charge >= 0.3 is 0 Å². The van der Waals surface area contributed by atoms with Crippen LogP contribution in [0, 0.1) is 6.92 Å². The van der Waals surface area contributed by atoms with E-state index in [2.05, 4.69) is 10.4 Å². The Balaban J connectivity index is 1.87. The van der Waals surface area contributed by atoms with Crippen molar-refractivity contribution in [3.63, 3.8) is 0 Å². The summed E-state index contributed by atoms with van der Waals surface area (Å²) in [5.74, 6) is 0.906. The molecule has 0 atom stereocenters. The van der Waals surface area contributed by atoms with E-state index < -0.39 is 0 Å². The molecule has 21 heavy (non-hydrogen) atoms. The second kappa shape index (κ2) is 5.47. The number of hydrogen-bond acceptors (Lipinski definition) is 4. The summed E-state index contributed by atoms with van der Waals surface area (Å²) in [5.41, 5.74) is 2.12. The van der Waals surface area contributed by atoms with Crippen molar-refractivity contribution in [2.75, 3.05) is 19.0 Å². The van der Waals surface area contributed by atoms with Crippen molar-refractivity contribution >= 4 is 11.6 Å². The van der Waals surface area contributed by atoms with Crippen LogP contribution in [0.5, 0.6) is 11.6 Å². The number of rotatable bonds is 3. The van der Waals surface area contributed by atoms with E-state index in [0.717, 1.165) is 18.5 Å². The highest BCUT2D eigenvalue weighted by Gasteiger charge is 2.22. The monoisotopic (exact) mass is 287 g/mol. The Bertz CT molecular complexity index is 679. The van der Waals surface area contributed by atoms with Crippen molar-refractivity contribution in [1.82, 2.24) is 9.78 Å². The summed E-state index contributed by atoms with van der Waals surface area (Å²) >= 11 is 0. The van der Waals surface area contributed by atoms with Crippen LogP contribution in [0.4, 0.5) is 5.69 Å². The zero-order valence-electron chi connectivity index (χ0n) is 12.0. The van der Waals surface area contributed by atoms with E-state index in [0.29, 0.717) is 29.5 Å². The smallest absolute Gasteiger partial charge is 0.262 e. The molecule has 0 saturated carbocycles. The topological polar surface area (TPSA) is 65.4 Å². The number of nitrogens with one attached hydrogen (secondary N) is 1. The summed E-state index contributed by atoms with van der Waals surface area (Å²) in [6.45, 7) is 3.34. The Morgan fingerprint density at radius 1 is 1.48 bits per heavy atom. The summed E-state index contributed by atoms with van der Waals surface area (Å²) in [7, 11) is 1.57. The molecule has 6 nitrogen and oxygen atoms in total. The molecule has 1 aliphatic heterocycles. The van der Waals surface area contributed by atoms with Gasteiger partial charge in [0, 0.05) is 13.0 Å². The standard InChI is InChI=1S/C15H17N3O3/c1-10-4-5-13(20-2)12(8-10)17-14(19)11-9-16-18-6-3-7-21-15(11)18/h4-5,8-9H,3,6-7H2,1-2H3,(H,17,19). The summed E-state index contributed by atoms with van der Waals surface area (Å²) in [6, 6.07) is 5.63. The lowest BCUT2D eigenvalue weighted by atomic mass is 10.2. The van der Waals surface area contributed by atoms with Crippen molar-refractivity contribution in [3.05, 3.63) is 35.5 Å². The second-order valence-corrected chi connectivity index (χ2v) is 4.95. The van der Waals surface area contributed by atoms with Gasteiger partial charge in [0.05, 0.1) is 25.6 Å². The van der Waals surface area contributed by atoms with Gasteiger partial charge in [-0.25, -0.2) is 4.68 Å². The van der Waals surface area contributed by atoms with Gasteiger partial charge in [-0.15, -0.1) is 0 Å². The van der Waals surface area contributed by atoms with Gasteiger partial charge in [0.1, 0.15) is 11.3 Å². The number of hydrogen-bond donors (Lipinski definition) is 1. The quantitative estimate of drug-likeness (QED) is 0.940. The number of amides is 1. The predicted molar refractivity (Wildman–Crippen MR) is 78.0 cm³/mol. The molecule has 0 spiro atoms. The normalized spacial score (nSPS) is 13.2. The van der Waals surface area contributed by atoms with Gasteiger partial charge in [0.2, 0.25) is 5.88 Å². The fourth-order valence-corrected chi connectivity index (χ4v) is 2.33. The molecule has 110 valence electrons. The van der Waals surface area contributed by atoms with Crippen LogP contribution in [-0.4, -0.2) is 29.4 Å². The number of methoxy groups -OCH3 is 1. The fourth-order valence-electron chi connectivity index (χ4n) is 2.33. The van der Waals surface area contributed by atoms with Gasteiger partial charge in [0.15, 0.2) is 0 Å². The van der Waals surface area contributed by atoms with Crippen LogP contribution in [0.15, 0.2) is 24.4 Å². The first-order chi connectivity index (χ1) is 10.2. The molecule has 1 aromatic carbocycles. The maximum atomic E-state index is 12.4. The number of carbonyl (C=O) groups excluding carboxylic acids is 1. The van der Waals surface area contributed by atoms with Crippen LogP contribution in [0.3, 0.4) is 0 Å². The van der Waals surface area contributed by atoms with Gasteiger partial charge in [-0.05, 0) is 24.6 Å². The van der Waals surface area contributed by atoms with Crippen molar-refractivity contribution < 1.29 is 14.3 Å². The number of ether oxygens (including phenoxy) is 2. The third-order valence-electron chi connectivity index (χ3n) is 3.39. The number of anilines is 1. The number of aromatic nitrogens is 2. The van der Waals surface area contributed by atoms with Gasteiger partial charge < -0.3 is 14.8 Å². The number of nitrogens with zero attached hydrogens (tertiary/aromatic N) is 2. The molecule has 0 aliphatic carbocycles. The Kier molecular flexibility index (Phi) is 3.51. The first kappa shape index (κ1) is 13.5. The highest BCUT2D eigenvalue weighted by Crippen LogP contribution is 2.28. The molecule has 1 aliphatic rings. The SMILES string of the molecule is COc1ccc(C)cc1NC(=O)c1cnn2c1OCCC2. The number of benzene rings is 1. The van der Waals surface area contributed by atoms with Gasteiger partial charge in [-0.3, -0.25) is 4.79 Å². The Morgan fingerprint density at radius 2 is 2.33 bits per heavy atom. The van der Waals surface area contributed by atoms with Crippen LogP contribution in [-0.2, 0) is 6.54 Å². The number of fused-ring (bicyclic) bond motifs is 1. The van der Waals surface area contributed by atoms with Crippen LogP contribution >= 0.6 is 0 Å². The molecule has 1 aromatic heterocycles. The molecule has 1 N–H and O–H groups in total. The van der Waals surface area contributed by atoms with Crippen molar-refractivity contribution in [2.24, 2.45) is 0 Å². The summed E-state index contributed by atoms with van der Waals surface area (Å²) in [5, 5.41) is 7.04. The van der Waals surface area contributed by atoms with Crippen LogP contribution in [0.25, 0.3) is 0 Å². The van der Waals surface area contributed by atoms with E-state index in [-0.39, 0.29) is 5.91 Å². The molecule has 0 fully saturated rings.